The molecule has 1 aromatic heterocycles. The second kappa shape index (κ2) is 16.4. The van der Waals surface area contributed by atoms with Crippen LogP contribution in [-0.4, -0.2) is 49.7 Å². The molecule has 4 aromatic carbocycles. The largest absolute Gasteiger partial charge is 0.481 e. The van der Waals surface area contributed by atoms with Crippen LogP contribution in [-0.2, 0) is 4.79 Å². The Labute approximate surface area is 283 Å². The van der Waals surface area contributed by atoms with Gasteiger partial charge in [0, 0.05) is 45.7 Å². The first-order valence-electron chi connectivity index (χ1n) is 15.6. The van der Waals surface area contributed by atoms with Crippen molar-refractivity contribution in [3.05, 3.63) is 126 Å². The number of ether oxygens (including phenoxy) is 1. The lowest BCUT2D eigenvalue weighted by Gasteiger charge is -2.15. The summed E-state index contributed by atoms with van der Waals surface area (Å²) in [6, 6.07) is 28.2. The fraction of sp³-hybridized carbons (Fsp3) is 0.184. The summed E-state index contributed by atoms with van der Waals surface area (Å²) in [4.78, 5) is 10.7. The molecule has 5 aromatic rings. The smallest absolute Gasteiger partial charge is 0.305 e. The van der Waals surface area contributed by atoms with E-state index in [9.17, 15) is 19.4 Å². The Morgan fingerprint density at radius 1 is 0.857 bits per heavy atom. The number of hydrogen-bond donors (Lipinski definition) is 7. The molecule has 0 aliphatic carbocycles. The predicted molar refractivity (Wildman–Crippen MR) is 191 cm³/mol. The average Bonchev–Trinajstić information content (AvgIpc) is 3.39. The van der Waals surface area contributed by atoms with Crippen molar-refractivity contribution in [1.29, 1.82) is 10.8 Å². The van der Waals surface area contributed by atoms with Gasteiger partial charge in [0.05, 0.1) is 18.6 Å². The van der Waals surface area contributed by atoms with Crippen LogP contribution in [0.5, 0.6) is 11.5 Å². The van der Waals surface area contributed by atoms with E-state index in [1.807, 2.05) is 24.3 Å². The quantitative estimate of drug-likeness (QED) is 0.0571. The first-order chi connectivity index (χ1) is 23.3. The van der Waals surface area contributed by atoms with Crippen LogP contribution in [0.3, 0.4) is 0 Å². The number of nitrogen functional groups attached to an aromatic ring is 2. The zero-order chi connectivity index (χ0) is 35.7. The lowest BCUT2D eigenvalue weighted by molar-refractivity contribution is -0.139. The molecule has 2 atom stereocenters. The number of nitrogens with two attached hydrogens (primary N) is 2. The number of rotatable bonds is 12. The van der Waals surface area contributed by atoms with Crippen LogP contribution in [0.25, 0.3) is 28.1 Å². The highest BCUT2D eigenvalue weighted by atomic mass is 19.1. The van der Waals surface area contributed by atoms with Gasteiger partial charge in [0.25, 0.3) is 0 Å². The summed E-state index contributed by atoms with van der Waals surface area (Å²) in [5, 5.41) is 44.5. The van der Waals surface area contributed by atoms with Gasteiger partial charge in [0.15, 0.2) is 0 Å². The van der Waals surface area contributed by atoms with E-state index >= 15 is 0 Å². The highest BCUT2D eigenvalue weighted by Gasteiger charge is 2.19. The third kappa shape index (κ3) is 9.63. The number of aliphatic carboxylic acids is 1. The van der Waals surface area contributed by atoms with Gasteiger partial charge in [0.2, 0.25) is 0 Å². The van der Waals surface area contributed by atoms with Gasteiger partial charge in [0.1, 0.15) is 29.0 Å². The van der Waals surface area contributed by atoms with Gasteiger partial charge in [-0.25, -0.2) is 4.39 Å². The van der Waals surface area contributed by atoms with Gasteiger partial charge in [-0.3, -0.25) is 15.6 Å². The van der Waals surface area contributed by atoms with Crippen molar-refractivity contribution in [1.82, 2.24) is 4.57 Å². The monoisotopic (exact) mass is 665 g/mol. The number of para-hydroxylation sites is 1. The molecule has 0 unspecified atom stereocenters. The van der Waals surface area contributed by atoms with Crippen molar-refractivity contribution < 1.29 is 29.2 Å². The molecule has 0 spiro atoms. The van der Waals surface area contributed by atoms with E-state index in [0.29, 0.717) is 22.6 Å². The number of benzene rings is 4. The van der Waals surface area contributed by atoms with E-state index in [1.165, 1.54) is 12.1 Å². The van der Waals surface area contributed by atoms with Crippen LogP contribution in [0, 0.1) is 16.6 Å². The van der Waals surface area contributed by atoms with E-state index in [1.54, 1.807) is 72.8 Å². The molecule has 254 valence electrons. The number of aliphatic hydroxyl groups is 2. The topological polar surface area (TPSA) is 192 Å². The molecule has 0 aliphatic heterocycles. The van der Waals surface area contributed by atoms with Crippen LogP contribution in [0.15, 0.2) is 103 Å². The van der Waals surface area contributed by atoms with Crippen molar-refractivity contribution in [2.24, 2.45) is 11.5 Å². The minimum atomic E-state index is -1.13. The number of halogens is 1. The number of fused-ring (bicyclic) bond motifs is 1. The van der Waals surface area contributed by atoms with Gasteiger partial charge in [-0.2, -0.15) is 0 Å². The Morgan fingerprint density at radius 2 is 1.39 bits per heavy atom. The van der Waals surface area contributed by atoms with E-state index in [0.717, 1.165) is 27.7 Å². The molecule has 0 fully saturated rings. The Balaban J connectivity index is 0.000000244. The average molecular weight is 666 g/mol. The number of carbonyl (C=O) groups is 1. The maximum Gasteiger partial charge on any atom is 0.305 e. The molecule has 1 heterocycles. The molecule has 10 nitrogen and oxygen atoms in total. The molecular weight excluding hydrogens is 625 g/mol. The first kappa shape index (κ1) is 36.1. The fourth-order valence-corrected chi connectivity index (χ4v) is 5.31. The van der Waals surface area contributed by atoms with Crippen LogP contribution < -0.4 is 16.2 Å². The molecular formula is C38H40FN5O5. The van der Waals surface area contributed by atoms with Gasteiger partial charge >= 0.3 is 5.97 Å². The summed E-state index contributed by atoms with van der Waals surface area (Å²) < 4.78 is 21.3. The van der Waals surface area contributed by atoms with Crippen molar-refractivity contribution in [2.75, 3.05) is 0 Å². The summed E-state index contributed by atoms with van der Waals surface area (Å²) in [6.07, 6.45) is 0.727. The standard InChI is InChI=1S/C24H26FNO4.C14H14N4O/c1-15(2)26-21-6-4-3-5-20(21)24(16-7-9-17(25)10-8-16)22(26)12-11-18(27)13-19(28)14-23(29)30;15-13(16)9-1-5-11(6-2-9)19-12-7-3-10(4-8-12)14(17)18/h3-12,15,18-19,27-28H,13-14H2,1-2H3,(H,29,30);1-8H,(H3,15,16)(H3,17,18)/b12-11+;/t18-,19-;/m0./s1. The van der Waals surface area contributed by atoms with E-state index < -0.39 is 24.6 Å². The van der Waals surface area contributed by atoms with Crippen LogP contribution in [0.2, 0.25) is 0 Å². The first-order valence-corrected chi connectivity index (χ1v) is 15.6. The van der Waals surface area contributed by atoms with Gasteiger partial charge in [-0.1, -0.05) is 36.4 Å². The zero-order valence-corrected chi connectivity index (χ0v) is 27.2. The lowest BCUT2D eigenvalue weighted by Crippen LogP contribution is -2.19. The Kier molecular flexibility index (Phi) is 12.0. The number of nitrogens with one attached hydrogen (secondary N) is 2. The number of nitrogens with zero attached hydrogens (tertiary/aromatic N) is 1. The number of amidine groups is 2. The molecule has 0 saturated carbocycles. The number of aliphatic hydroxyl groups excluding tert-OH is 2. The summed E-state index contributed by atoms with van der Waals surface area (Å²) >= 11 is 0. The minimum absolute atomic E-state index is 0.0253. The van der Waals surface area contributed by atoms with Gasteiger partial charge < -0.3 is 36.1 Å². The third-order valence-electron chi connectivity index (χ3n) is 7.56. The van der Waals surface area contributed by atoms with Gasteiger partial charge in [-0.15, -0.1) is 0 Å². The molecule has 49 heavy (non-hydrogen) atoms. The molecule has 0 radical (unpaired) electrons. The summed E-state index contributed by atoms with van der Waals surface area (Å²) in [6.45, 7) is 4.12. The van der Waals surface area contributed by atoms with Gasteiger partial charge in [-0.05, 0) is 92.2 Å². The number of carboxylic acids is 1. The van der Waals surface area contributed by atoms with E-state index in [2.05, 4.69) is 18.4 Å². The molecule has 0 amide bonds. The van der Waals surface area contributed by atoms with Crippen LogP contribution in [0.1, 0.15) is 49.6 Å². The number of aromatic nitrogens is 1. The van der Waals surface area contributed by atoms with Crippen molar-refractivity contribution in [2.45, 2.75) is 44.9 Å². The summed E-state index contributed by atoms with van der Waals surface area (Å²) in [5.74, 6) is -0.0700. The highest BCUT2D eigenvalue weighted by molar-refractivity contribution is 6.01. The fourth-order valence-electron chi connectivity index (χ4n) is 5.31. The second-order valence-electron chi connectivity index (χ2n) is 11.6. The van der Waals surface area contributed by atoms with Crippen LogP contribution in [0.4, 0.5) is 4.39 Å². The SMILES string of the molecule is CC(C)n1c(/C=C/[C@H](O)C[C@H](O)CC(=O)O)c(-c2ccc(F)cc2)c2ccccc21.N=C(N)c1ccc(Oc2ccc(C(=N)N)cc2)cc1. The van der Waals surface area contributed by atoms with Crippen molar-refractivity contribution >= 4 is 34.6 Å². The third-order valence-corrected chi connectivity index (χ3v) is 7.56. The van der Waals surface area contributed by atoms with Crippen LogP contribution >= 0.6 is 0 Å². The lowest BCUT2D eigenvalue weighted by atomic mass is 10.0. The number of hydrogen-bond acceptors (Lipinski definition) is 6. The number of carboxylic acid groups (broad SMARTS) is 1. The molecule has 0 aliphatic rings. The molecule has 0 bridgehead atoms. The Bertz CT molecular complexity index is 1880. The normalized spacial score (nSPS) is 12.4. The Hall–Kier alpha value is -5.78. The maximum atomic E-state index is 13.5. The molecule has 0 saturated heterocycles. The molecule has 9 N–H and O–H groups in total. The molecule has 11 heteroatoms. The van der Waals surface area contributed by atoms with E-state index in [-0.39, 0.29) is 30.0 Å². The summed E-state index contributed by atoms with van der Waals surface area (Å²) in [5.41, 5.74) is 15.7. The van der Waals surface area contributed by atoms with Crippen molar-refractivity contribution in [3.8, 4) is 22.6 Å². The second-order valence-corrected chi connectivity index (χ2v) is 11.6. The summed E-state index contributed by atoms with van der Waals surface area (Å²) in [7, 11) is 0. The highest BCUT2D eigenvalue weighted by Crippen LogP contribution is 2.38. The van der Waals surface area contributed by atoms with E-state index in [4.69, 9.17) is 32.1 Å². The Morgan fingerprint density at radius 3 is 1.88 bits per heavy atom. The predicted octanol–water partition coefficient (Wildman–Crippen LogP) is 6.68. The maximum absolute atomic E-state index is 13.5. The van der Waals surface area contributed by atoms with Crippen molar-refractivity contribution in [3.63, 3.8) is 0 Å². The molecule has 5 rings (SSSR count). The zero-order valence-electron chi connectivity index (χ0n) is 27.2. The minimum Gasteiger partial charge on any atom is -0.481 e.